The summed E-state index contributed by atoms with van der Waals surface area (Å²) in [7, 11) is 0. The van der Waals surface area contributed by atoms with Crippen molar-refractivity contribution in [3.63, 3.8) is 0 Å². The zero-order chi connectivity index (χ0) is 17.8. The topological polar surface area (TPSA) is 34.1 Å². The van der Waals surface area contributed by atoms with E-state index in [9.17, 15) is 9.59 Å². The summed E-state index contributed by atoms with van der Waals surface area (Å²) < 4.78 is -0.128. The highest BCUT2D eigenvalue weighted by Crippen LogP contribution is 2.35. The molecule has 0 saturated heterocycles. The van der Waals surface area contributed by atoms with Crippen molar-refractivity contribution in [1.82, 2.24) is 0 Å². The van der Waals surface area contributed by atoms with E-state index in [0.29, 0.717) is 23.4 Å². The maximum absolute atomic E-state index is 11.6. The van der Waals surface area contributed by atoms with E-state index in [1.807, 2.05) is 27.7 Å². The number of hydrogen-bond acceptors (Lipinski definition) is 3. The maximum Gasteiger partial charge on any atom is 0.159 e. The molecule has 0 aromatic carbocycles. The molecule has 0 radical (unpaired) electrons. The zero-order valence-corrected chi connectivity index (χ0v) is 16.6. The second-order valence-corrected chi connectivity index (χ2v) is 9.46. The predicted octanol–water partition coefficient (Wildman–Crippen LogP) is 5.41. The number of ketones is 2. The molecule has 2 fully saturated rings. The molecule has 0 aromatic heterocycles. The molecule has 23 heavy (non-hydrogen) atoms. The molecule has 0 spiro atoms. The first kappa shape index (κ1) is 20.5. The van der Waals surface area contributed by atoms with Crippen molar-refractivity contribution >= 4 is 24.2 Å². The second-order valence-electron chi connectivity index (χ2n) is 8.31. The summed E-state index contributed by atoms with van der Waals surface area (Å²) in [4.78, 5) is 23.0. The first-order valence-electron chi connectivity index (χ1n) is 8.97. The van der Waals surface area contributed by atoms with Crippen molar-refractivity contribution in [1.29, 1.82) is 0 Å². The lowest BCUT2D eigenvalue weighted by atomic mass is 9.76. The molecule has 2 nitrogen and oxygen atoms in total. The van der Waals surface area contributed by atoms with Crippen LogP contribution < -0.4 is 0 Å². The second kappa shape index (κ2) is 8.50. The number of carbonyl (C=O) groups is 2. The van der Waals surface area contributed by atoms with Crippen LogP contribution in [0.15, 0.2) is 11.1 Å². The zero-order valence-electron chi connectivity index (χ0n) is 15.7. The molecule has 0 aliphatic heterocycles. The van der Waals surface area contributed by atoms with Gasteiger partial charge in [-0.1, -0.05) is 33.3 Å². The van der Waals surface area contributed by atoms with Crippen LogP contribution >= 0.6 is 12.6 Å². The number of carbonyl (C=O) groups excluding carboxylic acids is 2. The van der Waals surface area contributed by atoms with Crippen molar-refractivity contribution in [2.24, 2.45) is 17.8 Å². The molecule has 0 N–H and O–H groups in total. The summed E-state index contributed by atoms with van der Waals surface area (Å²) in [5.41, 5.74) is 2.30. The molecule has 2 aliphatic rings. The van der Waals surface area contributed by atoms with Gasteiger partial charge in [0.1, 0.15) is 5.78 Å². The van der Waals surface area contributed by atoms with Gasteiger partial charge in [0.05, 0.1) is 0 Å². The Morgan fingerprint density at radius 2 is 1.57 bits per heavy atom. The SMILES string of the molecule is CC(C)=C1CC[C@H](C)CC1=O.C[C@H]1CC[C@H](C(C)(C)S)C(=O)C1. The summed E-state index contributed by atoms with van der Waals surface area (Å²) in [5, 5.41) is 0. The predicted molar refractivity (Wildman–Crippen MR) is 101 cm³/mol. The third kappa shape index (κ3) is 6.45. The van der Waals surface area contributed by atoms with Gasteiger partial charge in [-0.3, -0.25) is 9.59 Å². The summed E-state index contributed by atoms with van der Waals surface area (Å²) in [6.07, 6.45) is 5.92. The van der Waals surface area contributed by atoms with Crippen LogP contribution in [-0.2, 0) is 9.59 Å². The average Bonchev–Trinajstić information content (AvgIpc) is 2.36. The number of hydrogen-bond donors (Lipinski definition) is 1. The van der Waals surface area contributed by atoms with Crippen molar-refractivity contribution in [2.45, 2.75) is 84.8 Å². The Labute approximate surface area is 147 Å². The van der Waals surface area contributed by atoms with Crippen molar-refractivity contribution in [2.75, 3.05) is 0 Å². The quantitative estimate of drug-likeness (QED) is 0.512. The van der Waals surface area contributed by atoms with E-state index in [1.165, 1.54) is 18.4 Å². The van der Waals surface area contributed by atoms with E-state index in [-0.39, 0.29) is 10.7 Å². The highest BCUT2D eigenvalue weighted by molar-refractivity contribution is 7.81. The fraction of sp³-hybridized carbons (Fsp3) is 0.800. The lowest BCUT2D eigenvalue weighted by Crippen LogP contribution is -2.36. The van der Waals surface area contributed by atoms with Gasteiger partial charge in [-0.25, -0.2) is 0 Å². The van der Waals surface area contributed by atoms with Gasteiger partial charge < -0.3 is 0 Å². The molecule has 2 saturated carbocycles. The Balaban J connectivity index is 0.000000231. The minimum absolute atomic E-state index is 0.128. The average molecular weight is 339 g/mol. The van der Waals surface area contributed by atoms with Crippen LogP contribution in [0.3, 0.4) is 0 Å². The standard InChI is InChI=1S/C10H18OS.C10H16O/c1-7-4-5-8(9(11)6-7)10(2,3)12;1-7(2)9-5-4-8(3)6-10(9)11/h7-8,12H,4-6H2,1-3H3;8H,4-6H2,1-3H3/t7-,8-;8-/m00/s1. The number of Topliss-reactive ketones (excluding diaryl/α,β-unsaturated/α-hetero) is 2. The van der Waals surface area contributed by atoms with Crippen LogP contribution in [0.5, 0.6) is 0 Å². The van der Waals surface area contributed by atoms with E-state index < -0.39 is 0 Å². The molecule has 2 rings (SSSR count). The highest BCUT2D eigenvalue weighted by Gasteiger charge is 2.35. The van der Waals surface area contributed by atoms with Crippen LogP contribution in [0.4, 0.5) is 0 Å². The van der Waals surface area contributed by atoms with Crippen LogP contribution in [0.25, 0.3) is 0 Å². The summed E-state index contributed by atoms with van der Waals surface area (Å²) in [5.74, 6) is 2.16. The summed E-state index contributed by atoms with van der Waals surface area (Å²) >= 11 is 4.47. The van der Waals surface area contributed by atoms with Crippen LogP contribution in [0.1, 0.15) is 80.1 Å². The molecule has 0 aromatic rings. The van der Waals surface area contributed by atoms with Crippen molar-refractivity contribution < 1.29 is 9.59 Å². The van der Waals surface area contributed by atoms with E-state index in [1.54, 1.807) is 0 Å². The smallest absolute Gasteiger partial charge is 0.159 e. The molecule has 0 unspecified atom stereocenters. The monoisotopic (exact) mass is 338 g/mol. The summed E-state index contributed by atoms with van der Waals surface area (Å²) in [6.45, 7) is 12.4. The molecular formula is C20H34O2S. The van der Waals surface area contributed by atoms with Gasteiger partial charge in [-0.15, -0.1) is 0 Å². The molecule has 0 heterocycles. The van der Waals surface area contributed by atoms with Gasteiger partial charge in [-0.2, -0.15) is 12.6 Å². The van der Waals surface area contributed by atoms with Crippen molar-refractivity contribution in [3.8, 4) is 0 Å². The minimum Gasteiger partial charge on any atom is -0.299 e. The lowest BCUT2D eigenvalue weighted by Gasteiger charge is -2.33. The first-order chi connectivity index (χ1) is 10.5. The normalized spacial score (nSPS) is 29.0. The molecular weight excluding hydrogens is 304 g/mol. The van der Waals surface area contributed by atoms with E-state index >= 15 is 0 Å². The molecule has 3 atom stereocenters. The van der Waals surface area contributed by atoms with Crippen LogP contribution in [-0.4, -0.2) is 16.3 Å². The third-order valence-electron chi connectivity index (χ3n) is 5.10. The minimum atomic E-state index is -0.128. The van der Waals surface area contributed by atoms with Gasteiger partial charge >= 0.3 is 0 Å². The number of rotatable bonds is 1. The van der Waals surface area contributed by atoms with Gasteiger partial charge in [0.15, 0.2) is 5.78 Å². The largest absolute Gasteiger partial charge is 0.299 e. The third-order valence-corrected chi connectivity index (χ3v) is 5.41. The van der Waals surface area contributed by atoms with Crippen LogP contribution in [0.2, 0.25) is 0 Å². The molecule has 0 amide bonds. The van der Waals surface area contributed by atoms with Gasteiger partial charge in [0, 0.05) is 23.5 Å². The molecule has 0 bridgehead atoms. The highest BCUT2D eigenvalue weighted by atomic mass is 32.1. The van der Waals surface area contributed by atoms with Gasteiger partial charge in [-0.05, 0) is 56.9 Å². The number of thiol groups is 1. The number of allylic oxidation sites excluding steroid dienone is 2. The fourth-order valence-electron chi connectivity index (χ4n) is 3.55. The van der Waals surface area contributed by atoms with E-state index in [4.69, 9.17) is 0 Å². The summed E-state index contributed by atoms with van der Waals surface area (Å²) in [6, 6.07) is 0. The Morgan fingerprint density at radius 3 is 2.00 bits per heavy atom. The Morgan fingerprint density at radius 1 is 1.00 bits per heavy atom. The maximum atomic E-state index is 11.6. The van der Waals surface area contributed by atoms with Crippen molar-refractivity contribution in [3.05, 3.63) is 11.1 Å². The van der Waals surface area contributed by atoms with Gasteiger partial charge in [0.2, 0.25) is 0 Å². The Kier molecular flexibility index (Phi) is 7.57. The van der Waals surface area contributed by atoms with Gasteiger partial charge in [0.25, 0.3) is 0 Å². The Bertz CT molecular complexity index is 467. The molecule has 132 valence electrons. The van der Waals surface area contributed by atoms with E-state index in [2.05, 4.69) is 26.5 Å². The first-order valence-corrected chi connectivity index (χ1v) is 9.41. The Hall–Kier alpha value is -0.570. The molecule has 2 aliphatic carbocycles. The lowest BCUT2D eigenvalue weighted by molar-refractivity contribution is -0.126. The molecule has 3 heteroatoms. The fourth-order valence-corrected chi connectivity index (χ4v) is 3.82. The van der Waals surface area contributed by atoms with E-state index in [0.717, 1.165) is 31.3 Å². The van der Waals surface area contributed by atoms with Crippen LogP contribution in [0, 0.1) is 17.8 Å².